The standard InChI is InChI=1S/C16H17ClN2O10S2/c17-7-1-3-8(4-2-7)19-15(25)9(14(24)18-16(19)30)5-10(21)12(23)13(11(22)6-20)29-31(26,27)28/h1-5,10-13,20-23H,6H2,(H,18,24,30)(H,26,27,28)/b9-5-/t10-,11-,12-,13?/m1/s1. The van der Waals surface area contributed by atoms with Crippen LogP contribution in [0.4, 0.5) is 5.69 Å². The molecule has 1 aliphatic heterocycles. The summed E-state index contributed by atoms with van der Waals surface area (Å²) in [5.41, 5.74) is -0.456. The summed E-state index contributed by atoms with van der Waals surface area (Å²) >= 11 is 10.8. The number of halogens is 1. The summed E-state index contributed by atoms with van der Waals surface area (Å²) in [6.45, 7) is -1.11. The molecule has 1 fully saturated rings. The summed E-state index contributed by atoms with van der Waals surface area (Å²) in [5, 5.41) is 41.3. The van der Waals surface area contributed by atoms with Gasteiger partial charge in [-0.25, -0.2) is 4.18 Å². The fraction of sp³-hybridized carbons (Fsp3) is 0.312. The van der Waals surface area contributed by atoms with Gasteiger partial charge in [0.05, 0.1) is 12.3 Å². The topological polar surface area (TPSA) is 194 Å². The van der Waals surface area contributed by atoms with Gasteiger partial charge in [0.1, 0.15) is 30.0 Å². The number of carbonyl (C=O) groups is 2. The van der Waals surface area contributed by atoms with Gasteiger partial charge in [0, 0.05) is 5.02 Å². The number of benzene rings is 1. The Balaban J connectivity index is 2.36. The number of nitrogens with one attached hydrogen (secondary N) is 1. The minimum atomic E-state index is -5.21. The third-order valence-corrected chi connectivity index (χ3v) is 5.01. The van der Waals surface area contributed by atoms with Crippen LogP contribution in [-0.4, -0.2) is 81.3 Å². The third-order valence-electron chi connectivity index (χ3n) is 4.01. The second-order valence-corrected chi connectivity index (χ2v) is 8.05. The quantitative estimate of drug-likeness (QED) is 0.104. The highest BCUT2D eigenvalue weighted by Gasteiger charge is 2.39. The first kappa shape index (κ1) is 25.3. The molecular weight excluding hydrogens is 480 g/mol. The number of thiocarbonyl (C=S) groups is 1. The number of hydrogen-bond acceptors (Lipinski definition) is 10. The Bertz CT molecular complexity index is 998. The van der Waals surface area contributed by atoms with Crippen LogP contribution in [0.2, 0.25) is 5.02 Å². The first-order valence-corrected chi connectivity index (χ1v) is 10.5. The molecule has 1 aromatic carbocycles. The summed E-state index contributed by atoms with van der Waals surface area (Å²) in [5.74, 6) is -2.02. The molecule has 0 saturated carbocycles. The molecule has 2 amide bonds. The molecule has 1 unspecified atom stereocenters. The fourth-order valence-corrected chi connectivity index (χ4v) is 3.49. The first-order chi connectivity index (χ1) is 14.4. The second-order valence-electron chi connectivity index (χ2n) is 6.18. The van der Waals surface area contributed by atoms with Crippen LogP contribution >= 0.6 is 23.8 Å². The molecule has 12 nitrogen and oxygen atoms in total. The van der Waals surface area contributed by atoms with E-state index >= 15 is 0 Å². The highest BCUT2D eigenvalue weighted by molar-refractivity contribution is 7.81. The van der Waals surface area contributed by atoms with Gasteiger partial charge in [-0.1, -0.05) is 11.6 Å². The van der Waals surface area contributed by atoms with E-state index in [9.17, 15) is 33.3 Å². The number of anilines is 1. The van der Waals surface area contributed by atoms with Crippen molar-refractivity contribution >= 4 is 56.8 Å². The van der Waals surface area contributed by atoms with Crippen LogP contribution < -0.4 is 10.2 Å². The van der Waals surface area contributed by atoms with E-state index in [0.717, 1.165) is 4.90 Å². The Labute approximate surface area is 186 Å². The van der Waals surface area contributed by atoms with E-state index in [-0.39, 0.29) is 10.8 Å². The van der Waals surface area contributed by atoms with Crippen molar-refractivity contribution in [2.75, 3.05) is 11.5 Å². The molecule has 2 rings (SSSR count). The molecule has 31 heavy (non-hydrogen) atoms. The van der Waals surface area contributed by atoms with E-state index in [1.54, 1.807) is 0 Å². The number of aliphatic hydroxyl groups excluding tert-OH is 4. The molecule has 0 bridgehead atoms. The zero-order valence-corrected chi connectivity index (χ0v) is 17.7. The lowest BCUT2D eigenvalue weighted by Gasteiger charge is -2.30. The maximum Gasteiger partial charge on any atom is 0.397 e. The molecular formula is C16H17ClN2O10S2. The Morgan fingerprint density at radius 1 is 1.19 bits per heavy atom. The SMILES string of the molecule is O=C1NC(=S)N(c2ccc(Cl)cc2)C(=O)/C1=C\[C@@H](O)[C@@H](O)C(OS(=O)(=O)O)[C@H](O)CO. The van der Waals surface area contributed by atoms with E-state index in [2.05, 4.69) is 9.50 Å². The Kier molecular flexibility index (Phi) is 8.21. The number of rotatable bonds is 8. The Hall–Kier alpha value is -2.01. The van der Waals surface area contributed by atoms with Crippen molar-refractivity contribution in [2.24, 2.45) is 0 Å². The average Bonchev–Trinajstić information content (AvgIpc) is 2.68. The van der Waals surface area contributed by atoms with E-state index in [4.69, 9.17) is 33.5 Å². The van der Waals surface area contributed by atoms with Crippen LogP contribution in [-0.2, 0) is 24.2 Å². The molecule has 15 heteroatoms. The number of hydrogen-bond donors (Lipinski definition) is 6. The number of aliphatic hydroxyl groups is 4. The minimum absolute atomic E-state index is 0.226. The maximum absolute atomic E-state index is 12.8. The van der Waals surface area contributed by atoms with Crippen molar-refractivity contribution in [3.8, 4) is 0 Å². The molecule has 1 aromatic rings. The molecule has 1 saturated heterocycles. The van der Waals surface area contributed by atoms with Gasteiger partial charge >= 0.3 is 10.4 Å². The van der Waals surface area contributed by atoms with Gasteiger partial charge in [0.2, 0.25) is 0 Å². The number of nitrogens with zero attached hydrogens (tertiary/aromatic N) is 1. The molecule has 0 aromatic heterocycles. The van der Waals surface area contributed by atoms with Crippen molar-refractivity contribution in [3.05, 3.63) is 40.9 Å². The predicted molar refractivity (Wildman–Crippen MR) is 109 cm³/mol. The largest absolute Gasteiger partial charge is 0.397 e. The van der Waals surface area contributed by atoms with Crippen molar-refractivity contribution in [1.29, 1.82) is 0 Å². The summed E-state index contributed by atoms with van der Waals surface area (Å²) in [6, 6.07) is 5.78. The van der Waals surface area contributed by atoms with Crippen LogP contribution in [0.15, 0.2) is 35.9 Å². The molecule has 4 atom stereocenters. The smallest absolute Gasteiger partial charge is 0.394 e. The van der Waals surface area contributed by atoms with E-state index in [0.29, 0.717) is 11.1 Å². The van der Waals surface area contributed by atoms with Gasteiger partial charge in [-0.15, -0.1) is 0 Å². The van der Waals surface area contributed by atoms with Gasteiger partial charge < -0.3 is 20.4 Å². The Morgan fingerprint density at radius 3 is 2.29 bits per heavy atom. The van der Waals surface area contributed by atoms with E-state index < -0.39 is 58.8 Å². The molecule has 0 radical (unpaired) electrons. The molecule has 6 N–H and O–H groups in total. The van der Waals surface area contributed by atoms with Crippen molar-refractivity contribution < 1.29 is 47.2 Å². The molecule has 1 heterocycles. The van der Waals surface area contributed by atoms with E-state index in [1.165, 1.54) is 24.3 Å². The van der Waals surface area contributed by atoms with Crippen molar-refractivity contribution in [2.45, 2.75) is 24.4 Å². The Morgan fingerprint density at radius 2 is 1.77 bits per heavy atom. The average molecular weight is 497 g/mol. The second kappa shape index (κ2) is 10.1. The van der Waals surface area contributed by atoms with Crippen LogP contribution in [0.5, 0.6) is 0 Å². The molecule has 0 aliphatic carbocycles. The third kappa shape index (κ3) is 6.25. The normalized spacial score (nSPS) is 20.4. The fourth-order valence-electron chi connectivity index (χ4n) is 2.56. The van der Waals surface area contributed by atoms with Crippen LogP contribution in [0, 0.1) is 0 Å². The summed E-state index contributed by atoms with van der Waals surface area (Å²) in [6.07, 6.45) is -8.16. The summed E-state index contributed by atoms with van der Waals surface area (Å²) in [7, 11) is -5.21. The zero-order chi connectivity index (χ0) is 23.5. The van der Waals surface area contributed by atoms with Crippen LogP contribution in [0.1, 0.15) is 0 Å². The lowest BCUT2D eigenvalue weighted by Crippen LogP contribution is -2.55. The predicted octanol–water partition coefficient (Wildman–Crippen LogP) is -1.72. The summed E-state index contributed by atoms with van der Waals surface area (Å²) < 4.78 is 34.7. The highest BCUT2D eigenvalue weighted by Crippen LogP contribution is 2.23. The van der Waals surface area contributed by atoms with Crippen molar-refractivity contribution in [1.82, 2.24) is 5.32 Å². The van der Waals surface area contributed by atoms with E-state index in [1.807, 2.05) is 0 Å². The molecule has 0 spiro atoms. The lowest BCUT2D eigenvalue weighted by atomic mass is 10.00. The number of carbonyl (C=O) groups excluding carboxylic acids is 2. The minimum Gasteiger partial charge on any atom is -0.394 e. The highest BCUT2D eigenvalue weighted by atomic mass is 35.5. The van der Waals surface area contributed by atoms with Gasteiger partial charge in [0.15, 0.2) is 5.11 Å². The monoisotopic (exact) mass is 496 g/mol. The first-order valence-electron chi connectivity index (χ1n) is 8.33. The zero-order valence-electron chi connectivity index (χ0n) is 15.3. The lowest BCUT2D eigenvalue weighted by molar-refractivity contribution is -0.122. The maximum atomic E-state index is 12.8. The summed E-state index contributed by atoms with van der Waals surface area (Å²) in [4.78, 5) is 25.9. The van der Waals surface area contributed by atoms with Gasteiger partial charge in [0.25, 0.3) is 11.8 Å². The van der Waals surface area contributed by atoms with Gasteiger partial charge in [-0.2, -0.15) is 8.42 Å². The van der Waals surface area contributed by atoms with Crippen LogP contribution in [0.3, 0.4) is 0 Å². The molecule has 170 valence electrons. The number of amides is 2. The molecule has 1 aliphatic rings. The van der Waals surface area contributed by atoms with Crippen molar-refractivity contribution in [3.63, 3.8) is 0 Å². The van der Waals surface area contributed by atoms with Crippen LogP contribution in [0.25, 0.3) is 0 Å². The van der Waals surface area contributed by atoms with Gasteiger partial charge in [-0.05, 0) is 42.6 Å². The van der Waals surface area contributed by atoms with Gasteiger partial charge in [-0.3, -0.25) is 24.4 Å².